The predicted octanol–water partition coefficient (Wildman–Crippen LogP) is 6.08. The first-order valence-corrected chi connectivity index (χ1v) is 16.7. The number of carbonyl (C=O) groups is 1. The highest BCUT2D eigenvalue weighted by Crippen LogP contribution is 2.33. The molecule has 1 amide bonds. The van der Waals surface area contributed by atoms with Gasteiger partial charge >= 0.3 is 0 Å². The van der Waals surface area contributed by atoms with Gasteiger partial charge in [-0.3, -0.25) is 9.69 Å². The number of aryl methyl sites for hydroxylation is 2. The summed E-state index contributed by atoms with van der Waals surface area (Å²) >= 11 is 0. The normalized spacial score (nSPS) is 17.6. The molecule has 4 aromatic rings. The van der Waals surface area contributed by atoms with E-state index < -0.39 is 0 Å². The van der Waals surface area contributed by atoms with Crippen LogP contribution in [0.4, 0.5) is 4.39 Å². The first-order chi connectivity index (χ1) is 21.8. The topological polar surface area (TPSA) is 45.8 Å². The van der Waals surface area contributed by atoms with Crippen LogP contribution >= 0.6 is 0 Å². The van der Waals surface area contributed by atoms with Gasteiger partial charge in [0, 0.05) is 87.0 Å². The summed E-state index contributed by atoms with van der Waals surface area (Å²) < 4.78 is 13.6. The Morgan fingerprint density at radius 1 is 0.822 bits per heavy atom. The number of rotatable bonds is 10. The van der Waals surface area contributed by atoms with Crippen molar-refractivity contribution >= 4 is 16.8 Å². The minimum absolute atomic E-state index is 0.116. The molecule has 0 aliphatic carbocycles. The lowest BCUT2D eigenvalue weighted by molar-refractivity contribution is 0.0638. The van der Waals surface area contributed by atoms with Crippen LogP contribution in [0.5, 0.6) is 0 Å². The quantitative estimate of drug-likeness (QED) is 0.237. The zero-order valence-electron chi connectivity index (χ0n) is 27.2. The Hall–Kier alpha value is -3.52. The van der Waals surface area contributed by atoms with Gasteiger partial charge in [0.2, 0.25) is 0 Å². The van der Waals surface area contributed by atoms with Crippen LogP contribution in [0.25, 0.3) is 10.9 Å². The Morgan fingerprint density at radius 2 is 1.53 bits per heavy atom. The molecule has 238 valence electrons. The number of amides is 1. The van der Waals surface area contributed by atoms with E-state index in [1.165, 1.54) is 39.4 Å². The maximum atomic E-state index is 13.8. The van der Waals surface area contributed by atoms with E-state index >= 15 is 0 Å². The van der Waals surface area contributed by atoms with Crippen molar-refractivity contribution in [1.82, 2.24) is 24.6 Å². The highest BCUT2D eigenvalue weighted by molar-refractivity contribution is 5.94. The van der Waals surface area contributed by atoms with Crippen LogP contribution in [0.15, 0.2) is 66.7 Å². The van der Waals surface area contributed by atoms with Crippen LogP contribution in [0.1, 0.15) is 57.1 Å². The Labute approximate surface area is 267 Å². The van der Waals surface area contributed by atoms with E-state index in [1.54, 1.807) is 12.1 Å². The van der Waals surface area contributed by atoms with E-state index in [0.717, 1.165) is 82.7 Å². The van der Waals surface area contributed by atoms with Gasteiger partial charge in [-0.15, -0.1) is 0 Å². The molecular formula is C38H48FN5O. The summed E-state index contributed by atoms with van der Waals surface area (Å²) in [5, 5.41) is 1.29. The molecule has 0 radical (unpaired) electrons. The summed E-state index contributed by atoms with van der Waals surface area (Å²) in [7, 11) is 2.21. The Kier molecular flexibility index (Phi) is 9.98. The van der Waals surface area contributed by atoms with E-state index in [0.29, 0.717) is 13.1 Å². The third kappa shape index (κ3) is 7.66. The lowest BCUT2D eigenvalue weighted by Crippen LogP contribution is -2.49. The highest BCUT2D eigenvalue weighted by Gasteiger charge is 2.24. The number of hydrogen-bond donors (Lipinski definition) is 1. The average molecular weight is 610 g/mol. The lowest BCUT2D eigenvalue weighted by atomic mass is 9.85. The molecule has 0 saturated carbocycles. The molecule has 1 N–H and O–H groups in total. The summed E-state index contributed by atoms with van der Waals surface area (Å²) in [4.78, 5) is 26.7. The summed E-state index contributed by atoms with van der Waals surface area (Å²) in [6.45, 7) is 14.0. The minimum atomic E-state index is -0.183. The third-order valence-corrected chi connectivity index (χ3v) is 10.1. The van der Waals surface area contributed by atoms with Crippen molar-refractivity contribution in [3.8, 4) is 0 Å². The maximum absolute atomic E-state index is 13.8. The molecule has 2 aliphatic heterocycles. The number of nitrogens with one attached hydrogen (secondary N) is 1. The fraction of sp³-hybridized carbons (Fsp3) is 0.447. The number of aromatic amines is 1. The largest absolute Gasteiger partial charge is 0.358 e. The molecule has 1 unspecified atom stereocenters. The summed E-state index contributed by atoms with van der Waals surface area (Å²) in [6, 6.07) is 22.1. The van der Waals surface area contributed by atoms with Crippen LogP contribution in [0, 0.1) is 19.7 Å². The van der Waals surface area contributed by atoms with Crippen LogP contribution in [0.3, 0.4) is 0 Å². The molecule has 6 rings (SSSR count). The first-order valence-electron chi connectivity index (χ1n) is 16.7. The summed E-state index contributed by atoms with van der Waals surface area (Å²) in [5.74, 6) is 0.159. The Balaban J connectivity index is 1.14. The molecule has 3 heterocycles. The molecule has 2 saturated heterocycles. The minimum Gasteiger partial charge on any atom is -0.358 e. The molecule has 0 bridgehead atoms. The first kappa shape index (κ1) is 31.5. The van der Waals surface area contributed by atoms with Gasteiger partial charge in [-0.05, 0) is 105 Å². The number of benzene rings is 3. The van der Waals surface area contributed by atoms with Crippen molar-refractivity contribution in [3.05, 3.63) is 106 Å². The molecule has 2 aliphatic rings. The molecule has 7 heteroatoms. The number of nitrogens with zero attached hydrogens (tertiary/aromatic N) is 4. The fourth-order valence-corrected chi connectivity index (χ4v) is 7.04. The van der Waals surface area contributed by atoms with Crippen molar-refractivity contribution in [2.24, 2.45) is 0 Å². The number of carbonyl (C=O) groups excluding carboxylic acids is 1. The van der Waals surface area contributed by atoms with Crippen molar-refractivity contribution in [3.63, 3.8) is 0 Å². The van der Waals surface area contributed by atoms with Crippen molar-refractivity contribution in [2.45, 2.75) is 39.0 Å². The molecule has 3 aromatic carbocycles. The zero-order chi connectivity index (χ0) is 31.3. The van der Waals surface area contributed by atoms with E-state index in [2.05, 4.69) is 77.0 Å². The second-order valence-electron chi connectivity index (χ2n) is 13.2. The highest BCUT2D eigenvalue weighted by atomic mass is 19.1. The van der Waals surface area contributed by atoms with Crippen LogP contribution in [0.2, 0.25) is 0 Å². The Morgan fingerprint density at radius 3 is 2.31 bits per heavy atom. The van der Waals surface area contributed by atoms with Gasteiger partial charge in [0.25, 0.3) is 5.91 Å². The van der Waals surface area contributed by atoms with E-state index in [1.807, 2.05) is 17.0 Å². The van der Waals surface area contributed by atoms with Gasteiger partial charge in [-0.1, -0.05) is 30.3 Å². The monoisotopic (exact) mass is 609 g/mol. The number of aromatic nitrogens is 1. The van der Waals surface area contributed by atoms with E-state index in [4.69, 9.17) is 0 Å². The van der Waals surface area contributed by atoms with Gasteiger partial charge in [0.1, 0.15) is 5.82 Å². The smallest absolute Gasteiger partial charge is 0.253 e. The van der Waals surface area contributed by atoms with Gasteiger partial charge in [0.15, 0.2) is 0 Å². The summed E-state index contributed by atoms with van der Waals surface area (Å²) in [5.41, 5.74) is 8.04. The van der Waals surface area contributed by atoms with Gasteiger partial charge < -0.3 is 19.7 Å². The number of hydrogen-bond acceptors (Lipinski definition) is 4. The molecule has 1 atom stereocenters. The van der Waals surface area contributed by atoms with Gasteiger partial charge in [-0.2, -0.15) is 0 Å². The maximum Gasteiger partial charge on any atom is 0.253 e. The van der Waals surface area contributed by atoms with Crippen molar-refractivity contribution < 1.29 is 9.18 Å². The second kappa shape index (κ2) is 14.3. The molecule has 2 fully saturated rings. The van der Waals surface area contributed by atoms with Crippen LogP contribution < -0.4 is 0 Å². The molecule has 45 heavy (non-hydrogen) atoms. The van der Waals surface area contributed by atoms with E-state index in [-0.39, 0.29) is 17.6 Å². The molecule has 6 nitrogen and oxygen atoms in total. The number of piperazine rings is 2. The zero-order valence-corrected chi connectivity index (χ0v) is 27.2. The van der Waals surface area contributed by atoms with Crippen molar-refractivity contribution in [1.29, 1.82) is 0 Å². The number of fused-ring (bicyclic) bond motifs is 1. The van der Waals surface area contributed by atoms with Gasteiger partial charge in [0.05, 0.1) is 0 Å². The molecular weight excluding hydrogens is 561 g/mol. The summed E-state index contributed by atoms with van der Waals surface area (Å²) in [6.07, 6.45) is 2.98. The van der Waals surface area contributed by atoms with Gasteiger partial charge in [-0.25, -0.2) is 4.39 Å². The number of likely N-dealkylation sites (N-methyl/N-ethyl adjacent to an activating group) is 1. The van der Waals surface area contributed by atoms with E-state index in [9.17, 15) is 9.18 Å². The fourth-order valence-electron chi connectivity index (χ4n) is 7.04. The van der Waals surface area contributed by atoms with Crippen LogP contribution in [-0.2, 0) is 6.42 Å². The number of H-pyrrole nitrogens is 1. The lowest BCUT2D eigenvalue weighted by Gasteiger charge is -2.35. The number of halogens is 1. The SMILES string of the molecule is Cc1[nH]c2ccc(C(CCCN3CCN(C)CC3)c3cccc(C(=O)N4CCN(CCc5cccc(F)c5)CC4)c3)cc2c1C. The second-order valence-corrected chi connectivity index (χ2v) is 13.2. The predicted molar refractivity (Wildman–Crippen MR) is 182 cm³/mol. The third-order valence-electron chi connectivity index (χ3n) is 10.1. The van der Waals surface area contributed by atoms with Crippen molar-refractivity contribution in [2.75, 3.05) is 72.5 Å². The molecule has 1 aromatic heterocycles. The standard InChI is InChI=1S/C38H48FN5O/c1-28-29(2)40-37-13-12-32(27-36(28)37)35(11-6-15-42-19-17-41(3)18-20-42)31-8-5-9-33(26-31)38(45)44-23-21-43(22-24-44)16-14-30-7-4-10-34(39)25-30/h4-5,7-10,12-13,25-27,35,40H,6,11,14-24H2,1-3H3. The Bertz CT molecular complexity index is 1600. The average Bonchev–Trinajstić information content (AvgIpc) is 3.35. The van der Waals surface area contributed by atoms with Crippen LogP contribution in [-0.4, -0.2) is 103 Å². The molecule has 0 spiro atoms.